The second kappa shape index (κ2) is 10.7. The van der Waals surface area contributed by atoms with Crippen molar-refractivity contribution in [1.29, 1.82) is 0 Å². The van der Waals surface area contributed by atoms with Crippen molar-refractivity contribution in [3.05, 3.63) is 64.7 Å². The largest absolute Gasteiger partial charge is 0.325 e. The number of amides is 1. The molecule has 1 aromatic heterocycles. The fourth-order valence-corrected chi connectivity index (χ4v) is 4.50. The van der Waals surface area contributed by atoms with Crippen LogP contribution in [0.25, 0.3) is 10.9 Å². The molecule has 0 fully saturated rings. The highest BCUT2D eigenvalue weighted by Crippen LogP contribution is 2.19. The van der Waals surface area contributed by atoms with Gasteiger partial charge in [-0.25, -0.2) is 9.37 Å². The van der Waals surface area contributed by atoms with Crippen LogP contribution in [0.1, 0.15) is 27.7 Å². The van der Waals surface area contributed by atoms with E-state index in [1.165, 1.54) is 30.0 Å². The molecule has 3 aromatic rings. The Morgan fingerprint density at radius 2 is 1.84 bits per heavy atom. The van der Waals surface area contributed by atoms with Gasteiger partial charge in [-0.1, -0.05) is 30.0 Å². The number of carbonyl (C=O) groups is 1. The summed E-state index contributed by atoms with van der Waals surface area (Å²) in [4.78, 5) is 32.6. The van der Waals surface area contributed by atoms with Crippen LogP contribution < -0.4 is 10.9 Å². The minimum atomic E-state index is -0.416. The molecule has 8 heteroatoms. The second-order valence-electron chi connectivity index (χ2n) is 8.14. The normalized spacial score (nSPS) is 11.6. The van der Waals surface area contributed by atoms with E-state index in [0.717, 1.165) is 0 Å². The van der Waals surface area contributed by atoms with E-state index >= 15 is 0 Å². The third kappa shape index (κ3) is 5.95. The van der Waals surface area contributed by atoms with Crippen molar-refractivity contribution in [2.45, 2.75) is 51.5 Å². The van der Waals surface area contributed by atoms with Crippen LogP contribution in [0.15, 0.2) is 58.5 Å². The average molecular weight is 457 g/mol. The van der Waals surface area contributed by atoms with Crippen LogP contribution in [0.2, 0.25) is 0 Å². The van der Waals surface area contributed by atoms with E-state index in [2.05, 4.69) is 42.9 Å². The zero-order valence-electron chi connectivity index (χ0n) is 18.8. The summed E-state index contributed by atoms with van der Waals surface area (Å²) in [7, 11) is 0. The lowest BCUT2D eigenvalue weighted by Gasteiger charge is -2.30. The van der Waals surface area contributed by atoms with Crippen LogP contribution in [0.4, 0.5) is 10.1 Å². The fourth-order valence-electron chi connectivity index (χ4n) is 3.68. The highest BCUT2D eigenvalue weighted by molar-refractivity contribution is 7.99. The molecule has 0 unspecified atom stereocenters. The summed E-state index contributed by atoms with van der Waals surface area (Å²) in [6.07, 6.45) is 0. The van der Waals surface area contributed by atoms with Gasteiger partial charge in [0.15, 0.2) is 5.16 Å². The molecule has 0 aliphatic heterocycles. The van der Waals surface area contributed by atoms with Gasteiger partial charge in [0, 0.05) is 30.9 Å². The number of nitrogens with one attached hydrogen (secondary N) is 1. The number of thioether (sulfide) groups is 1. The third-order valence-corrected chi connectivity index (χ3v) is 6.15. The molecule has 170 valence electrons. The molecule has 0 bridgehead atoms. The van der Waals surface area contributed by atoms with Gasteiger partial charge in [0.2, 0.25) is 5.91 Å². The Bertz CT molecular complexity index is 1140. The van der Waals surface area contributed by atoms with Crippen molar-refractivity contribution in [2.24, 2.45) is 0 Å². The van der Waals surface area contributed by atoms with E-state index in [-0.39, 0.29) is 17.2 Å². The Morgan fingerprint density at radius 1 is 1.12 bits per heavy atom. The van der Waals surface area contributed by atoms with Gasteiger partial charge in [-0.2, -0.15) is 0 Å². The second-order valence-corrected chi connectivity index (χ2v) is 9.08. The van der Waals surface area contributed by atoms with Gasteiger partial charge in [0.05, 0.1) is 16.7 Å². The molecule has 0 aliphatic carbocycles. The third-order valence-electron chi connectivity index (χ3n) is 5.18. The lowest BCUT2D eigenvalue weighted by Crippen LogP contribution is -2.40. The van der Waals surface area contributed by atoms with E-state index in [1.807, 2.05) is 12.1 Å². The minimum Gasteiger partial charge on any atom is -0.325 e. The predicted molar refractivity (Wildman–Crippen MR) is 129 cm³/mol. The van der Waals surface area contributed by atoms with Crippen molar-refractivity contribution in [3.63, 3.8) is 0 Å². The Morgan fingerprint density at radius 3 is 2.53 bits per heavy atom. The number of rotatable bonds is 9. The van der Waals surface area contributed by atoms with Crippen LogP contribution in [0, 0.1) is 5.82 Å². The average Bonchev–Trinajstić information content (AvgIpc) is 2.73. The highest BCUT2D eigenvalue weighted by Gasteiger charge is 2.17. The first-order chi connectivity index (χ1) is 15.3. The zero-order valence-corrected chi connectivity index (χ0v) is 19.7. The Balaban J connectivity index is 1.83. The molecule has 1 N–H and O–H groups in total. The number of hydrogen-bond acceptors (Lipinski definition) is 5. The Hall–Kier alpha value is -2.71. The van der Waals surface area contributed by atoms with Crippen LogP contribution >= 0.6 is 11.8 Å². The van der Waals surface area contributed by atoms with Crippen molar-refractivity contribution < 1.29 is 9.18 Å². The van der Waals surface area contributed by atoms with Crippen molar-refractivity contribution in [1.82, 2.24) is 14.5 Å². The molecule has 0 atom stereocenters. The maximum absolute atomic E-state index is 13.4. The van der Waals surface area contributed by atoms with Crippen LogP contribution in [0.3, 0.4) is 0 Å². The summed E-state index contributed by atoms with van der Waals surface area (Å²) in [6.45, 7) is 9.70. The maximum atomic E-state index is 13.4. The quantitative estimate of drug-likeness (QED) is 0.382. The smallest absolute Gasteiger partial charge is 0.262 e. The zero-order chi connectivity index (χ0) is 23.3. The topological polar surface area (TPSA) is 67.2 Å². The molecule has 0 saturated heterocycles. The highest BCUT2D eigenvalue weighted by atomic mass is 32.2. The predicted octanol–water partition coefficient (Wildman–Crippen LogP) is 4.39. The molecule has 3 rings (SSSR count). The molecule has 2 aromatic carbocycles. The van der Waals surface area contributed by atoms with Crippen LogP contribution in [-0.2, 0) is 11.3 Å². The number of aromatic nitrogens is 2. The summed E-state index contributed by atoms with van der Waals surface area (Å²) in [5, 5.41) is 3.73. The van der Waals surface area contributed by atoms with Crippen molar-refractivity contribution in [3.8, 4) is 0 Å². The summed E-state index contributed by atoms with van der Waals surface area (Å²) in [5.41, 5.74) is 0.881. The number of carbonyl (C=O) groups excluding carboxylic acids is 1. The molecule has 0 spiro atoms. The number of benzene rings is 2. The molecular weight excluding hydrogens is 427 g/mol. The number of para-hydroxylation sites is 1. The number of nitrogens with zero attached hydrogens (tertiary/aromatic N) is 3. The van der Waals surface area contributed by atoms with E-state index in [9.17, 15) is 14.0 Å². The van der Waals surface area contributed by atoms with E-state index in [1.54, 1.807) is 22.8 Å². The molecule has 32 heavy (non-hydrogen) atoms. The number of halogens is 1. The van der Waals surface area contributed by atoms with Gasteiger partial charge < -0.3 is 5.32 Å². The van der Waals surface area contributed by atoms with Crippen molar-refractivity contribution in [2.75, 3.05) is 17.6 Å². The molecule has 6 nitrogen and oxygen atoms in total. The lowest BCUT2D eigenvalue weighted by atomic mass is 10.2. The van der Waals surface area contributed by atoms with Gasteiger partial charge >= 0.3 is 0 Å². The summed E-state index contributed by atoms with van der Waals surface area (Å²) in [6, 6.07) is 13.7. The van der Waals surface area contributed by atoms with Crippen LogP contribution in [-0.4, -0.2) is 44.7 Å². The molecule has 1 amide bonds. The standard InChI is InChI=1S/C24H29FN4O2S/c1-16(2)28(17(3)4)12-13-29-23(31)20-10-5-6-11-21(20)27-24(29)32-15-22(30)26-19-9-7-8-18(25)14-19/h5-11,14,16-17H,12-13,15H2,1-4H3,(H,26,30). The van der Waals surface area contributed by atoms with Gasteiger partial charge in [-0.05, 0) is 58.0 Å². The number of anilines is 1. The molecule has 1 heterocycles. The molecule has 0 radical (unpaired) electrons. The fraction of sp³-hybridized carbons (Fsp3) is 0.375. The van der Waals surface area contributed by atoms with E-state index in [4.69, 9.17) is 0 Å². The van der Waals surface area contributed by atoms with Crippen molar-refractivity contribution >= 4 is 34.3 Å². The lowest BCUT2D eigenvalue weighted by molar-refractivity contribution is -0.113. The first kappa shape index (κ1) is 23.9. The molecule has 0 aliphatic rings. The molecule has 0 saturated carbocycles. The van der Waals surface area contributed by atoms with E-state index in [0.29, 0.717) is 46.9 Å². The summed E-state index contributed by atoms with van der Waals surface area (Å²) >= 11 is 1.20. The van der Waals surface area contributed by atoms with Gasteiger partial charge in [-0.3, -0.25) is 19.1 Å². The van der Waals surface area contributed by atoms with Gasteiger partial charge in [0.1, 0.15) is 5.82 Å². The summed E-state index contributed by atoms with van der Waals surface area (Å²) in [5.74, 6) is -0.653. The Labute approximate surface area is 191 Å². The summed E-state index contributed by atoms with van der Waals surface area (Å²) < 4.78 is 15.0. The minimum absolute atomic E-state index is 0.0549. The first-order valence-corrected chi connectivity index (χ1v) is 11.7. The van der Waals surface area contributed by atoms with Gasteiger partial charge in [0.25, 0.3) is 5.56 Å². The molecular formula is C24H29FN4O2S. The first-order valence-electron chi connectivity index (χ1n) is 10.7. The number of hydrogen-bond donors (Lipinski definition) is 1. The maximum Gasteiger partial charge on any atom is 0.262 e. The number of fused-ring (bicyclic) bond motifs is 1. The van der Waals surface area contributed by atoms with Gasteiger partial charge in [-0.15, -0.1) is 0 Å². The SMILES string of the molecule is CC(C)N(CCn1c(SCC(=O)Nc2cccc(F)c2)nc2ccccc2c1=O)C(C)C. The van der Waals surface area contributed by atoms with E-state index < -0.39 is 5.82 Å². The monoisotopic (exact) mass is 456 g/mol. The van der Waals surface area contributed by atoms with Crippen LogP contribution in [0.5, 0.6) is 0 Å². The Kier molecular flexibility index (Phi) is 8.04.